The van der Waals surface area contributed by atoms with E-state index in [-0.39, 0.29) is 37.5 Å². The fourth-order valence-electron chi connectivity index (χ4n) is 8.26. The lowest BCUT2D eigenvalue weighted by Crippen LogP contribution is -2.30. The molecule has 6 nitrogen and oxygen atoms in total. The number of carbonyl (C=O) groups excluding carboxylic acids is 3. The van der Waals surface area contributed by atoms with Gasteiger partial charge >= 0.3 is 17.9 Å². The molecule has 0 aliphatic rings. The molecule has 0 bridgehead atoms. The Morgan fingerprint density at radius 2 is 0.494 bits per heavy atom. The molecule has 434 valence electrons. The Morgan fingerprint density at radius 3 is 0.805 bits per heavy atom. The summed E-state index contributed by atoms with van der Waals surface area (Å²) >= 11 is 0. The predicted molar refractivity (Wildman–Crippen MR) is 334 cm³/mol. The largest absolute Gasteiger partial charge is 0.462 e. The maximum absolute atomic E-state index is 12.9. The Hall–Kier alpha value is -4.71. The highest BCUT2D eigenvalue weighted by Gasteiger charge is 2.19. The van der Waals surface area contributed by atoms with Crippen LogP contribution in [0.15, 0.2) is 146 Å². The predicted octanol–water partition coefficient (Wildman–Crippen LogP) is 21.5. The zero-order chi connectivity index (χ0) is 55.7. The van der Waals surface area contributed by atoms with E-state index >= 15 is 0 Å². The highest BCUT2D eigenvalue weighted by Crippen LogP contribution is 2.15. The van der Waals surface area contributed by atoms with Gasteiger partial charge in [-0.3, -0.25) is 14.4 Å². The lowest BCUT2D eigenvalue weighted by molar-refractivity contribution is -0.166. The van der Waals surface area contributed by atoms with Crippen molar-refractivity contribution in [2.45, 2.75) is 271 Å². The molecule has 0 amide bonds. The minimum Gasteiger partial charge on any atom is -0.462 e. The van der Waals surface area contributed by atoms with Gasteiger partial charge in [-0.25, -0.2) is 0 Å². The molecule has 0 aromatic rings. The first kappa shape index (κ1) is 72.3. The monoisotopic (exact) mass is 1060 g/mol. The molecule has 77 heavy (non-hydrogen) atoms. The highest BCUT2D eigenvalue weighted by atomic mass is 16.6. The van der Waals surface area contributed by atoms with Crippen LogP contribution in [0.2, 0.25) is 0 Å². The molecule has 1 unspecified atom stereocenters. The fraction of sp³-hybridized carbons (Fsp3) is 0.620. The van der Waals surface area contributed by atoms with E-state index in [0.717, 1.165) is 122 Å². The number of esters is 3. The van der Waals surface area contributed by atoms with Crippen molar-refractivity contribution in [3.63, 3.8) is 0 Å². The highest BCUT2D eigenvalue weighted by molar-refractivity contribution is 5.71. The van der Waals surface area contributed by atoms with E-state index in [9.17, 15) is 14.4 Å². The molecule has 0 saturated carbocycles. The molecule has 0 rings (SSSR count). The van der Waals surface area contributed by atoms with Gasteiger partial charge < -0.3 is 14.2 Å². The van der Waals surface area contributed by atoms with Gasteiger partial charge in [0.15, 0.2) is 6.10 Å². The number of allylic oxidation sites excluding steroid dienone is 24. The molecule has 0 aromatic carbocycles. The lowest BCUT2D eigenvalue weighted by atomic mass is 10.0. The van der Waals surface area contributed by atoms with Crippen molar-refractivity contribution in [2.75, 3.05) is 13.2 Å². The number of unbranched alkanes of at least 4 members (excludes halogenated alkanes) is 20. The zero-order valence-corrected chi connectivity index (χ0v) is 49.7. The second kappa shape index (κ2) is 63.8. The molecular formula is C71H114O6. The molecule has 1 atom stereocenters. The Morgan fingerprint density at radius 1 is 0.260 bits per heavy atom. The first-order valence-electron chi connectivity index (χ1n) is 31.3. The van der Waals surface area contributed by atoms with Crippen molar-refractivity contribution in [1.29, 1.82) is 0 Å². The van der Waals surface area contributed by atoms with Crippen molar-refractivity contribution in [2.24, 2.45) is 0 Å². The third-order valence-corrected chi connectivity index (χ3v) is 12.8. The van der Waals surface area contributed by atoms with Crippen molar-refractivity contribution < 1.29 is 28.6 Å². The SMILES string of the molecule is CC/C=C\C/C=C\C/C=C\C/C=C\CCCCCCCCCCCCCCC(=O)OCC(COC(=O)CC/C=C\C/C=C\C/C=C\C/C=C\CC)OC(=O)CCCCCCCCCC/C=C\C/C=C\C/C=C\C/C=C\CC. The van der Waals surface area contributed by atoms with E-state index in [1.54, 1.807) is 0 Å². The maximum Gasteiger partial charge on any atom is 0.306 e. The van der Waals surface area contributed by atoms with Gasteiger partial charge in [-0.05, 0) is 122 Å². The van der Waals surface area contributed by atoms with Gasteiger partial charge in [0.2, 0.25) is 0 Å². The van der Waals surface area contributed by atoms with Crippen LogP contribution < -0.4 is 0 Å². The standard InChI is InChI=1S/C71H114O6/c1-4-7-10-13-16-19-22-25-27-29-31-33-34-35-36-38-39-41-43-46-49-52-55-58-61-64-70(73)76-67-68(66-75-69(72)63-60-57-54-51-48-45-24-21-18-15-12-9-6-3)77-71(74)65-62-59-56-53-50-47-44-42-40-37-32-30-28-26-23-20-17-14-11-8-5-2/h7-12,16-21,25-28,31-33,37,45,48,54,57,68H,4-6,13-15,22-24,29-30,34-36,38-44,46-47,49-53,55-56,58-67H2,1-3H3/b10-7-,11-8-,12-9-,19-16-,20-17-,21-18-,27-25-,28-26-,33-31-,37-32-,48-45-,57-54-. The number of carbonyl (C=O) groups is 3. The van der Waals surface area contributed by atoms with Gasteiger partial charge in [0, 0.05) is 19.3 Å². The van der Waals surface area contributed by atoms with Crippen molar-refractivity contribution in [1.82, 2.24) is 0 Å². The fourth-order valence-corrected chi connectivity index (χ4v) is 8.26. The van der Waals surface area contributed by atoms with Gasteiger partial charge in [0.1, 0.15) is 13.2 Å². The van der Waals surface area contributed by atoms with Crippen molar-refractivity contribution in [3.05, 3.63) is 146 Å². The minimum absolute atomic E-state index is 0.109. The van der Waals surface area contributed by atoms with E-state index < -0.39 is 6.10 Å². The van der Waals surface area contributed by atoms with Crippen LogP contribution in [0, 0.1) is 0 Å². The Labute approximate surface area is 474 Å². The van der Waals surface area contributed by atoms with Gasteiger partial charge in [0.05, 0.1) is 0 Å². The average Bonchev–Trinajstić information content (AvgIpc) is 3.43. The smallest absolute Gasteiger partial charge is 0.306 e. The van der Waals surface area contributed by atoms with Gasteiger partial charge in [0.25, 0.3) is 0 Å². The molecular weight excluding hydrogens is 949 g/mol. The van der Waals surface area contributed by atoms with Crippen LogP contribution in [0.5, 0.6) is 0 Å². The van der Waals surface area contributed by atoms with Crippen LogP contribution in [0.25, 0.3) is 0 Å². The lowest BCUT2D eigenvalue weighted by Gasteiger charge is -2.18. The third kappa shape index (κ3) is 62.0. The van der Waals surface area contributed by atoms with E-state index in [0.29, 0.717) is 19.3 Å². The van der Waals surface area contributed by atoms with E-state index in [4.69, 9.17) is 14.2 Å². The number of hydrogen-bond donors (Lipinski definition) is 0. The first-order valence-corrected chi connectivity index (χ1v) is 31.3. The van der Waals surface area contributed by atoms with Crippen LogP contribution in [-0.4, -0.2) is 37.2 Å². The summed E-state index contributed by atoms with van der Waals surface area (Å²) in [4.78, 5) is 38.3. The van der Waals surface area contributed by atoms with Crippen LogP contribution in [0.3, 0.4) is 0 Å². The molecule has 0 N–H and O–H groups in total. The summed E-state index contributed by atoms with van der Waals surface area (Å²) in [7, 11) is 0. The van der Waals surface area contributed by atoms with Crippen molar-refractivity contribution >= 4 is 17.9 Å². The summed E-state index contributed by atoms with van der Waals surface area (Å²) in [5.41, 5.74) is 0. The zero-order valence-electron chi connectivity index (χ0n) is 49.7. The Kier molecular flexibility index (Phi) is 59.9. The summed E-state index contributed by atoms with van der Waals surface area (Å²) in [5, 5.41) is 0. The molecule has 0 aromatic heterocycles. The summed E-state index contributed by atoms with van der Waals surface area (Å²) in [5.74, 6) is -1.00. The summed E-state index contributed by atoms with van der Waals surface area (Å²) in [6.45, 7) is 6.23. The molecule has 0 fully saturated rings. The van der Waals surface area contributed by atoms with E-state index in [1.807, 2.05) is 6.08 Å². The molecule has 0 saturated heterocycles. The van der Waals surface area contributed by atoms with Crippen molar-refractivity contribution in [3.8, 4) is 0 Å². The van der Waals surface area contributed by atoms with E-state index in [1.165, 1.54) is 96.3 Å². The maximum atomic E-state index is 12.9. The number of rotatable bonds is 55. The van der Waals surface area contributed by atoms with Gasteiger partial charge in [-0.15, -0.1) is 0 Å². The molecule has 0 heterocycles. The van der Waals surface area contributed by atoms with Crippen LogP contribution >= 0.6 is 0 Å². The summed E-state index contributed by atoms with van der Waals surface area (Å²) < 4.78 is 16.8. The number of ether oxygens (including phenoxy) is 3. The second-order valence-electron chi connectivity index (χ2n) is 20.2. The van der Waals surface area contributed by atoms with Gasteiger partial charge in [-0.2, -0.15) is 0 Å². The topological polar surface area (TPSA) is 78.9 Å². The van der Waals surface area contributed by atoms with E-state index in [2.05, 4.69) is 161 Å². The normalized spacial score (nSPS) is 13.1. The first-order chi connectivity index (χ1) is 38.0. The van der Waals surface area contributed by atoms with Gasteiger partial charge in [-0.1, -0.05) is 269 Å². The van der Waals surface area contributed by atoms with Crippen LogP contribution in [0.1, 0.15) is 265 Å². The molecule has 6 heteroatoms. The Balaban J connectivity index is 4.39. The summed E-state index contributed by atoms with van der Waals surface area (Å²) in [6, 6.07) is 0. The summed E-state index contributed by atoms with van der Waals surface area (Å²) in [6.07, 6.45) is 91.5. The van der Waals surface area contributed by atoms with Crippen LogP contribution in [0.4, 0.5) is 0 Å². The van der Waals surface area contributed by atoms with Crippen LogP contribution in [-0.2, 0) is 28.6 Å². The quantitative estimate of drug-likeness (QED) is 0.0261. The average molecular weight is 1060 g/mol. The molecule has 0 radical (unpaired) electrons. The number of hydrogen-bond acceptors (Lipinski definition) is 6. The minimum atomic E-state index is -0.819. The molecule has 0 spiro atoms. The second-order valence-corrected chi connectivity index (χ2v) is 20.2. The third-order valence-electron chi connectivity index (χ3n) is 12.8. The molecule has 0 aliphatic carbocycles. The molecule has 0 aliphatic heterocycles. The Bertz CT molecular complexity index is 1700.